The molecule has 1 fully saturated rings. The van der Waals surface area contributed by atoms with Crippen LogP contribution in [0.15, 0.2) is 40.8 Å². The number of piperidine rings is 1. The molecule has 1 aromatic heterocycles. The highest BCUT2D eigenvalue weighted by atomic mass is 16.3. The summed E-state index contributed by atoms with van der Waals surface area (Å²) in [5.74, 6) is 1.89. The van der Waals surface area contributed by atoms with Gasteiger partial charge in [0.15, 0.2) is 0 Å². The van der Waals surface area contributed by atoms with Crippen molar-refractivity contribution in [2.24, 2.45) is 5.92 Å². The molecule has 3 rings (SSSR count). The predicted octanol–water partition coefficient (Wildman–Crippen LogP) is 3.11. The third-order valence-corrected chi connectivity index (χ3v) is 4.92. The zero-order valence-electron chi connectivity index (χ0n) is 15.5. The van der Waals surface area contributed by atoms with Crippen LogP contribution in [-0.4, -0.2) is 36.3 Å². The first-order valence-corrected chi connectivity index (χ1v) is 9.22. The van der Waals surface area contributed by atoms with Crippen LogP contribution in [0.5, 0.6) is 0 Å². The van der Waals surface area contributed by atoms with Gasteiger partial charge in [-0.25, -0.2) is 0 Å². The minimum atomic E-state index is -0.0181. The molecule has 1 aliphatic rings. The minimum Gasteiger partial charge on any atom is -0.466 e. The van der Waals surface area contributed by atoms with Crippen LogP contribution in [-0.2, 0) is 11.2 Å². The second-order valence-corrected chi connectivity index (χ2v) is 6.99. The molecule has 0 unspecified atom stereocenters. The van der Waals surface area contributed by atoms with Gasteiger partial charge < -0.3 is 14.6 Å². The van der Waals surface area contributed by atoms with Gasteiger partial charge in [-0.05, 0) is 51.0 Å². The Kier molecular flexibility index (Phi) is 5.76. The standard InChI is InChI=1S/C21H26N2O3/c1-15-3-6-18(7-4-15)21(25)23-13-10-17(11-14-23)20(24)22-12-9-19-8-5-16(2)26-19/h3-8,17H,9-14H2,1-2H3,(H,22,24). The number of carbonyl (C=O) groups excluding carboxylic acids is 2. The first-order valence-electron chi connectivity index (χ1n) is 9.22. The monoisotopic (exact) mass is 354 g/mol. The van der Waals surface area contributed by atoms with E-state index in [1.165, 1.54) is 0 Å². The molecule has 5 nitrogen and oxygen atoms in total. The van der Waals surface area contributed by atoms with Crippen LogP contribution in [0.25, 0.3) is 0 Å². The number of nitrogens with one attached hydrogen (secondary N) is 1. The zero-order chi connectivity index (χ0) is 18.5. The summed E-state index contributed by atoms with van der Waals surface area (Å²) in [4.78, 5) is 26.7. The van der Waals surface area contributed by atoms with E-state index in [0.717, 1.165) is 17.1 Å². The topological polar surface area (TPSA) is 62.6 Å². The normalized spacial score (nSPS) is 15.1. The van der Waals surface area contributed by atoms with Crippen LogP contribution < -0.4 is 5.32 Å². The molecule has 138 valence electrons. The fourth-order valence-electron chi connectivity index (χ4n) is 3.30. The summed E-state index contributed by atoms with van der Waals surface area (Å²) in [5, 5.41) is 2.99. The number of likely N-dealkylation sites (tertiary alicyclic amines) is 1. The van der Waals surface area contributed by atoms with Gasteiger partial charge in [0, 0.05) is 37.5 Å². The summed E-state index contributed by atoms with van der Waals surface area (Å²) in [7, 11) is 0. The molecule has 1 N–H and O–H groups in total. The summed E-state index contributed by atoms with van der Waals surface area (Å²) >= 11 is 0. The van der Waals surface area contributed by atoms with E-state index in [4.69, 9.17) is 4.42 Å². The van der Waals surface area contributed by atoms with Gasteiger partial charge in [0.2, 0.25) is 5.91 Å². The molecule has 0 aliphatic carbocycles. The highest BCUT2D eigenvalue weighted by Crippen LogP contribution is 2.19. The Bertz CT molecular complexity index is 756. The van der Waals surface area contributed by atoms with Crippen molar-refractivity contribution in [3.8, 4) is 0 Å². The maximum absolute atomic E-state index is 12.5. The zero-order valence-corrected chi connectivity index (χ0v) is 15.5. The van der Waals surface area contributed by atoms with Crippen molar-refractivity contribution in [1.29, 1.82) is 0 Å². The van der Waals surface area contributed by atoms with Crippen molar-refractivity contribution in [3.63, 3.8) is 0 Å². The van der Waals surface area contributed by atoms with E-state index in [0.29, 0.717) is 44.5 Å². The molecule has 0 saturated carbocycles. The van der Waals surface area contributed by atoms with Gasteiger partial charge >= 0.3 is 0 Å². The Morgan fingerprint density at radius 1 is 1.08 bits per heavy atom. The summed E-state index contributed by atoms with van der Waals surface area (Å²) in [6, 6.07) is 11.5. The van der Waals surface area contributed by atoms with Crippen LogP contribution in [0.1, 0.15) is 40.3 Å². The maximum atomic E-state index is 12.5. The molecule has 0 bridgehead atoms. The number of hydrogen-bond acceptors (Lipinski definition) is 3. The van der Waals surface area contributed by atoms with Crippen molar-refractivity contribution in [3.05, 3.63) is 59.0 Å². The first kappa shape index (κ1) is 18.2. The van der Waals surface area contributed by atoms with E-state index in [9.17, 15) is 9.59 Å². The highest BCUT2D eigenvalue weighted by molar-refractivity contribution is 5.94. The van der Waals surface area contributed by atoms with Crippen molar-refractivity contribution in [2.75, 3.05) is 19.6 Å². The van der Waals surface area contributed by atoms with Gasteiger partial charge in [-0.3, -0.25) is 9.59 Å². The molecular weight excluding hydrogens is 328 g/mol. The molecule has 0 atom stereocenters. The number of amides is 2. The maximum Gasteiger partial charge on any atom is 0.253 e. The van der Waals surface area contributed by atoms with Gasteiger partial charge in [0.25, 0.3) is 5.91 Å². The lowest BCUT2D eigenvalue weighted by atomic mass is 9.95. The van der Waals surface area contributed by atoms with Crippen molar-refractivity contribution >= 4 is 11.8 Å². The second kappa shape index (κ2) is 8.21. The number of benzene rings is 1. The summed E-state index contributed by atoms with van der Waals surface area (Å²) in [6.45, 7) is 5.75. The smallest absolute Gasteiger partial charge is 0.253 e. The van der Waals surface area contributed by atoms with Crippen LogP contribution in [0.2, 0.25) is 0 Å². The van der Waals surface area contributed by atoms with E-state index in [-0.39, 0.29) is 17.7 Å². The first-order chi connectivity index (χ1) is 12.5. The molecule has 2 heterocycles. The minimum absolute atomic E-state index is 0.0181. The molecule has 0 spiro atoms. The predicted molar refractivity (Wildman–Crippen MR) is 100.0 cm³/mol. The second-order valence-electron chi connectivity index (χ2n) is 6.99. The molecule has 1 saturated heterocycles. The Morgan fingerprint density at radius 3 is 2.38 bits per heavy atom. The Morgan fingerprint density at radius 2 is 1.77 bits per heavy atom. The highest BCUT2D eigenvalue weighted by Gasteiger charge is 2.27. The van der Waals surface area contributed by atoms with Crippen LogP contribution in [0.3, 0.4) is 0 Å². The summed E-state index contributed by atoms with van der Waals surface area (Å²) < 4.78 is 5.51. The van der Waals surface area contributed by atoms with Crippen LogP contribution in [0, 0.1) is 19.8 Å². The molecular formula is C21H26N2O3. The fourth-order valence-corrected chi connectivity index (χ4v) is 3.30. The average molecular weight is 354 g/mol. The summed E-state index contributed by atoms with van der Waals surface area (Å²) in [5.41, 5.74) is 1.86. The quantitative estimate of drug-likeness (QED) is 0.897. The molecule has 2 aromatic rings. The number of rotatable bonds is 5. The fraction of sp³-hybridized carbons (Fsp3) is 0.429. The summed E-state index contributed by atoms with van der Waals surface area (Å²) in [6.07, 6.45) is 2.12. The Labute approximate surface area is 154 Å². The number of furan rings is 1. The van der Waals surface area contributed by atoms with Gasteiger partial charge in [0.05, 0.1) is 0 Å². The van der Waals surface area contributed by atoms with E-state index < -0.39 is 0 Å². The van der Waals surface area contributed by atoms with E-state index in [1.54, 1.807) is 0 Å². The largest absolute Gasteiger partial charge is 0.466 e. The van der Waals surface area contributed by atoms with Crippen molar-refractivity contribution in [1.82, 2.24) is 10.2 Å². The molecule has 26 heavy (non-hydrogen) atoms. The lowest BCUT2D eigenvalue weighted by Gasteiger charge is -2.31. The third-order valence-electron chi connectivity index (χ3n) is 4.92. The molecule has 2 amide bonds. The van der Waals surface area contributed by atoms with E-state index >= 15 is 0 Å². The number of carbonyl (C=O) groups is 2. The van der Waals surface area contributed by atoms with E-state index in [2.05, 4.69) is 5.32 Å². The van der Waals surface area contributed by atoms with Crippen LogP contribution >= 0.6 is 0 Å². The number of hydrogen-bond donors (Lipinski definition) is 1. The third kappa shape index (κ3) is 4.54. The molecule has 0 radical (unpaired) electrons. The van der Waals surface area contributed by atoms with Gasteiger partial charge in [-0.2, -0.15) is 0 Å². The van der Waals surface area contributed by atoms with Gasteiger partial charge in [-0.15, -0.1) is 0 Å². The average Bonchev–Trinajstić information content (AvgIpc) is 3.07. The van der Waals surface area contributed by atoms with Gasteiger partial charge in [-0.1, -0.05) is 17.7 Å². The molecule has 1 aliphatic heterocycles. The molecule has 1 aromatic carbocycles. The number of nitrogens with zero attached hydrogens (tertiary/aromatic N) is 1. The van der Waals surface area contributed by atoms with Crippen LogP contribution in [0.4, 0.5) is 0 Å². The number of aryl methyl sites for hydroxylation is 2. The lowest BCUT2D eigenvalue weighted by molar-refractivity contribution is -0.126. The SMILES string of the molecule is Cc1ccc(C(=O)N2CCC(C(=O)NCCc3ccc(C)o3)CC2)cc1. The van der Waals surface area contributed by atoms with Crippen molar-refractivity contribution in [2.45, 2.75) is 33.1 Å². The Hall–Kier alpha value is -2.56. The van der Waals surface area contributed by atoms with Crippen molar-refractivity contribution < 1.29 is 14.0 Å². The lowest BCUT2D eigenvalue weighted by Crippen LogP contribution is -2.43. The Balaban J connectivity index is 1.43. The molecule has 5 heteroatoms. The van der Waals surface area contributed by atoms with Gasteiger partial charge in [0.1, 0.15) is 11.5 Å². The van der Waals surface area contributed by atoms with E-state index in [1.807, 2.05) is 55.1 Å².